The van der Waals surface area contributed by atoms with Crippen LogP contribution in [0.15, 0.2) is 18.2 Å². The topological polar surface area (TPSA) is 154 Å². The van der Waals surface area contributed by atoms with Gasteiger partial charge in [-0.15, -0.1) is 5.10 Å². The molecule has 0 fully saturated rings. The van der Waals surface area contributed by atoms with E-state index in [1.165, 1.54) is 6.07 Å². The predicted octanol–water partition coefficient (Wildman–Crippen LogP) is 1.88. The molecule has 3 amide bonds. The van der Waals surface area contributed by atoms with Crippen LogP contribution >= 0.6 is 0 Å². The van der Waals surface area contributed by atoms with Crippen LogP contribution in [0.3, 0.4) is 0 Å². The van der Waals surface area contributed by atoms with Gasteiger partial charge in [0.25, 0.3) is 5.91 Å². The van der Waals surface area contributed by atoms with Crippen molar-refractivity contribution in [2.45, 2.75) is 32.4 Å². The lowest BCUT2D eigenvalue weighted by Crippen LogP contribution is -2.26. The van der Waals surface area contributed by atoms with E-state index in [0.29, 0.717) is 15.9 Å². The molecule has 0 bridgehead atoms. The fraction of sp³-hybridized carbons (Fsp3) is 0.278. The average molecular weight is 399 g/mol. The lowest BCUT2D eigenvalue weighted by Gasteiger charge is -2.15. The van der Waals surface area contributed by atoms with E-state index in [1.54, 1.807) is 26.0 Å². The van der Waals surface area contributed by atoms with Gasteiger partial charge in [-0.2, -0.15) is 4.68 Å². The first kappa shape index (κ1) is 18.5. The summed E-state index contributed by atoms with van der Waals surface area (Å²) in [6.45, 7) is 3.34. The molecule has 0 radical (unpaired) electrons. The lowest BCUT2D eigenvalue weighted by molar-refractivity contribution is -0.119. The van der Waals surface area contributed by atoms with Gasteiger partial charge in [0.05, 0.1) is 24.2 Å². The van der Waals surface area contributed by atoms with E-state index >= 15 is 0 Å². The van der Waals surface area contributed by atoms with E-state index in [1.807, 2.05) is 0 Å². The largest absolute Gasteiger partial charge is 0.465 e. The molecule has 3 heterocycles. The Morgan fingerprint density at radius 1 is 1.17 bits per heavy atom. The first-order valence-corrected chi connectivity index (χ1v) is 8.69. The van der Waals surface area contributed by atoms with E-state index in [-0.39, 0.29) is 36.1 Å². The minimum absolute atomic E-state index is 0.0130. The second-order valence-corrected chi connectivity index (χ2v) is 7.40. The molecule has 4 rings (SSSR count). The van der Waals surface area contributed by atoms with E-state index in [2.05, 4.69) is 15.7 Å². The van der Waals surface area contributed by atoms with Gasteiger partial charge >= 0.3 is 12.2 Å². The minimum atomic E-state index is -1.38. The zero-order chi connectivity index (χ0) is 21.1. The van der Waals surface area contributed by atoms with E-state index in [9.17, 15) is 24.3 Å². The summed E-state index contributed by atoms with van der Waals surface area (Å²) in [7, 11) is 0. The van der Waals surface area contributed by atoms with Gasteiger partial charge in [-0.1, -0.05) is 6.07 Å². The number of rotatable bonds is 2. The molecule has 0 unspecified atom stereocenters. The van der Waals surface area contributed by atoms with Crippen LogP contribution in [-0.4, -0.2) is 48.9 Å². The van der Waals surface area contributed by atoms with Gasteiger partial charge < -0.3 is 20.8 Å². The maximum Gasteiger partial charge on any atom is 0.432 e. The molecule has 4 N–H and O–H groups in total. The molecule has 0 atom stereocenters. The minimum Gasteiger partial charge on any atom is -0.465 e. The van der Waals surface area contributed by atoms with Gasteiger partial charge in [-0.05, 0) is 31.5 Å². The SMILES string of the molecule is CC1(C)C(=O)Nc2cc(C(=O)Nc3nn(C(=O)O)c4c3CN(C(=O)O)C4)ccc21. The van der Waals surface area contributed by atoms with Gasteiger partial charge in [0.1, 0.15) is 0 Å². The summed E-state index contributed by atoms with van der Waals surface area (Å²) in [5, 5.41) is 27.6. The third-order valence-corrected chi connectivity index (χ3v) is 5.23. The number of carbonyl (C=O) groups is 4. The van der Waals surface area contributed by atoms with Crippen LogP contribution in [0, 0.1) is 0 Å². The number of hydrogen-bond acceptors (Lipinski definition) is 5. The lowest BCUT2D eigenvalue weighted by atomic mass is 9.86. The molecular formula is C18H17N5O6. The van der Waals surface area contributed by atoms with Crippen molar-refractivity contribution in [3.05, 3.63) is 40.6 Å². The molecule has 11 nitrogen and oxygen atoms in total. The molecule has 1 aromatic carbocycles. The Balaban J connectivity index is 1.63. The van der Waals surface area contributed by atoms with Crippen LogP contribution in [0.25, 0.3) is 0 Å². The highest BCUT2D eigenvalue weighted by Gasteiger charge is 2.38. The molecule has 150 valence electrons. The monoisotopic (exact) mass is 399 g/mol. The van der Waals surface area contributed by atoms with Crippen molar-refractivity contribution in [1.82, 2.24) is 14.7 Å². The van der Waals surface area contributed by atoms with Gasteiger partial charge in [-0.3, -0.25) is 14.5 Å². The van der Waals surface area contributed by atoms with Crippen LogP contribution in [0.4, 0.5) is 21.1 Å². The van der Waals surface area contributed by atoms with Crippen LogP contribution in [0.5, 0.6) is 0 Å². The van der Waals surface area contributed by atoms with Crippen molar-refractivity contribution in [2.24, 2.45) is 0 Å². The highest BCUT2D eigenvalue weighted by atomic mass is 16.4. The molecule has 29 heavy (non-hydrogen) atoms. The summed E-state index contributed by atoms with van der Waals surface area (Å²) in [6, 6.07) is 4.79. The zero-order valence-corrected chi connectivity index (χ0v) is 15.5. The van der Waals surface area contributed by atoms with Gasteiger partial charge in [-0.25, -0.2) is 9.59 Å². The number of amides is 3. The van der Waals surface area contributed by atoms with Crippen molar-refractivity contribution in [3.8, 4) is 0 Å². The normalized spacial score (nSPS) is 16.2. The highest BCUT2D eigenvalue weighted by molar-refractivity contribution is 6.09. The summed E-state index contributed by atoms with van der Waals surface area (Å²) in [4.78, 5) is 48.4. The number of nitrogens with one attached hydrogen (secondary N) is 2. The molecule has 2 aromatic rings. The molecule has 11 heteroatoms. The summed E-state index contributed by atoms with van der Waals surface area (Å²) in [5.41, 5.74) is 1.37. The highest BCUT2D eigenvalue weighted by Crippen LogP contribution is 2.38. The first-order chi connectivity index (χ1) is 13.6. The number of carboxylic acid groups (broad SMARTS) is 2. The van der Waals surface area contributed by atoms with Crippen molar-refractivity contribution < 1.29 is 29.4 Å². The molecular weight excluding hydrogens is 382 g/mol. The van der Waals surface area contributed by atoms with Gasteiger partial charge in [0.2, 0.25) is 5.91 Å². The fourth-order valence-corrected chi connectivity index (χ4v) is 3.55. The van der Waals surface area contributed by atoms with Crippen molar-refractivity contribution in [2.75, 3.05) is 10.6 Å². The Bertz CT molecular complexity index is 1100. The van der Waals surface area contributed by atoms with Crippen molar-refractivity contribution in [3.63, 3.8) is 0 Å². The van der Waals surface area contributed by atoms with Crippen molar-refractivity contribution in [1.29, 1.82) is 0 Å². The molecule has 0 spiro atoms. The second kappa shape index (κ2) is 6.06. The molecule has 0 saturated carbocycles. The first-order valence-electron chi connectivity index (χ1n) is 8.69. The van der Waals surface area contributed by atoms with E-state index in [0.717, 1.165) is 10.5 Å². The van der Waals surface area contributed by atoms with Crippen LogP contribution in [0.1, 0.15) is 41.0 Å². The third kappa shape index (κ3) is 2.78. The fourth-order valence-electron chi connectivity index (χ4n) is 3.55. The quantitative estimate of drug-likeness (QED) is 0.601. The molecule has 0 saturated heterocycles. The summed E-state index contributed by atoms with van der Waals surface area (Å²) < 4.78 is 0.666. The second-order valence-electron chi connectivity index (χ2n) is 7.40. The van der Waals surface area contributed by atoms with E-state index in [4.69, 9.17) is 5.11 Å². The van der Waals surface area contributed by atoms with Gasteiger partial charge in [0, 0.05) is 16.8 Å². The number of benzene rings is 1. The number of carbonyl (C=O) groups excluding carboxylic acids is 2. The van der Waals surface area contributed by atoms with Gasteiger partial charge in [0.15, 0.2) is 5.82 Å². The Morgan fingerprint density at radius 3 is 2.55 bits per heavy atom. The standard InChI is InChI=1S/C18H17N5O6/c1-18(2)10-4-3-8(5-11(10)19-15(18)25)14(24)20-13-9-6-22(16(26)27)7-12(9)23(21-13)17(28)29/h3-5H,6-7H2,1-2H3,(H,19,25)(H,26,27)(H,28,29)(H,20,21,24). The number of nitrogens with zero attached hydrogens (tertiary/aromatic N) is 3. The molecule has 1 aromatic heterocycles. The predicted molar refractivity (Wildman–Crippen MR) is 99.0 cm³/mol. The summed E-state index contributed by atoms with van der Waals surface area (Å²) in [6.07, 6.45) is -2.58. The third-order valence-electron chi connectivity index (χ3n) is 5.23. The Kier molecular flexibility index (Phi) is 3.86. The molecule has 2 aliphatic rings. The number of anilines is 2. The molecule has 2 aliphatic heterocycles. The van der Waals surface area contributed by atoms with Crippen molar-refractivity contribution >= 4 is 35.5 Å². The number of aromatic nitrogens is 2. The summed E-state index contributed by atoms with van der Waals surface area (Å²) in [5.74, 6) is -0.740. The smallest absolute Gasteiger partial charge is 0.432 e. The zero-order valence-electron chi connectivity index (χ0n) is 15.5. The maximum atomic E-state index is 12.7. The Labute approximate surface area is 163 Å². The average Bonchev–Trinajstić information content (AvgIpc) is 3.27. The number of hydrogen-bond donors (Lipinski definition) is 4. The Hall–Kier alpha value is -3.89. The molecule has 0 aliphatic carbocycles. The Morgan fingerprint density at radius 2 is 1.90 bits per heavy atom. The summed E-state index contributed by atoms with van der Waals surface area (Å²) >= 11 is 0. The number of fused-ring (bicyclic) bond motifs is 2. The van der Waals surface area contributed by atoms with Crippen LogP contribution in [-0.2, 0) is 23.3 Å². The maximum absolute atomic E-state index is 12.7. The van der Waals surface area contributed by atoms with E-state index < -0.39 is 23.5 Å². The van der Waals surface area contributed by atoms with Crippen LogP contribution in [0.2, 0.25) is 0 Å². The van der Waals surface area contributed by atoms with Crippen LogP contribution < -0.4 is 10.6 Å².